The monoisotopic (exact) mass is 209 g/mol. The molecule has 0 spiro atoms. The van der Waals surface area contributed by atoms with Crippen molar-refractivity contribution in [1.82, 2.24) is 5.32 Å². The Morgan fingerprint density at radius 2 is 2.33 bits per heavy atom. The van der Waals surface area contributed by atoms with Crippen LogP contribution in [0.25, 0.3) is 0 Å². The lowest BCUT2D eigenvalue weighted by molar-refractivity contribution is -0.0641. The molecule has 1 aliphatic heterocycles. The second-order valence-electron chi connectivity index (χ2n) is 4.98. The van der Waals surface area contributed by atoms with Crippen molar-refractivity contribution < 1.29 is 4.74 Å². The molecule has 0 aromatic heterocycles. The Morgan fingerprint density at radius 1 is 1.60 bits per heavy atom. The van der Waals surface area contributed by atoms with Gasteiger partial charge in [-0.25, -0.2) is 0 Å². The van der Waals surface area contributed by atoms with Gasteiger partial charge in [-0.1, -0.05) is 6.92 Å². The second-order valence-corrected chi connectivity index (χ2v) is 4.98. The molecule has 0 bridgehead atoms. The summed E-state index contributed by atoms with van der Waals surface area (Å²) in [6.45, 7) is 7.35. The molecule has 2 atom stereocenters. The largest absolute Gasteiger partial charge is 0.375 e. The van der Waals surface area contributed by atoms with Crippen molar-refractivity contribution in [1.29, 1.82) is 0 Å². The summed E-state index contributed by atoms with van der Waals surface area (Å²) < 4.78 is 5.69. The molecule has 0 radical (unpaired) electrons. The van der Waals surface area contributed by atoms with Crippen LogP contribution in [0.3, 0.4) is 0 Å². The average molecular weight is 209 g/mol. The van der Waals surface area contributed by atoms with Crippen molar-refractivity contribution >= 4 is 0 Å². The first-order valence-electron chi connectivity index (χ1n) is 5.91. The first-order valence-corrected chi connectivity index (χ1v) is 5.91. The van der Waals surface area contributed by atoms with Crippen molar-refractivity contribution in [3.05, 3.63) is 0 Å². The van der Waals surface area contributed by atoms with Gasteiger partial charge in [-0.05, 0) is 33.1 Å². The number of nitrogens with one attached hydrogen (secondary N) is 1. The van der Waals surface area contributed by atoms with Crippen LogP contribution in [0, 0.1) is 12.3 Å². The van der Waals surface area contributed by atoms with Gasteiger partial charge in [-0.15, -0.1) is 12.3 Å². The van der Waals surface area contributed by atoms with Crippen LogP contribution in [0.4, 0.5) is 0 Å². The Hall–Kier alpha value is -0.520. The molecule has 0 saturated carbocycles. The zero-order valence-electron chi connectivity index (χ0n) is 10.2. The normalized spacial score (nSPS) is 26.9. The van der Waals surface area contributed by atoms with E-state index in [1.807, 2.05) is 0 Å². The molecular weight excluding hydrogens is 186 g/mol. The van der Waals surface area contributed by atoms with Crippen LogP contribution in [0.1, 0.15) is 46.5 Å². The minimum absolute atomic E-state index is 0.0182. The first kappa shape index (κ1) is 12.5. The fourth-order valence-corrected chi connectivity index (χ4v) is 2.17. The molecule has 15 heavy (non-hydrogen) atoms. The molecular formula is C13H23NO. The topological polar surface area (TPSA) is 21.3 Å². The molecule has 1 N–H and O–H groups in total. The third-order valence-corrected chi connectivity index (χ3v) is 3.03. The zero-order valence-corrected chi connectivity index (χ0v) is 10.2. The molecule has 0 aliphatic carbocycles. The summed E-state index contributed by atoms with van der Waals surface area (Å²) in [5, 5.41) is 3.64. The zero-order chi connectivity index (χ0) is 11.3. The number of rotatable bonds is 4. The predicted molar refractivity (Wildman–Crippen MR) is 63.7 cm³/mol. The lowest BCUT2D eigenvalue weighted by Gasteiger charge is -2.37. The van der Waals surface area contributed by atoms with Gasteiger partial charge in [0.05, 0.1) is 5.60 Å². The molecule has 86 valence electrons. The summed E-state index contributed by atoms with van der Waals surface area (Å²) in [6.07, 6.45) is 9.45. The van der Waals surface area contributed by atoms with Crippen LogP contribution in [0.15, 0.2) is 0 Å². The van der Waals surface area contributed by atoms with Crippen LogP contribution >= 0.6 is 0 Å². The number of ether oxygens (including phenoxy) is 1. The van der Waals surface area contributed by atoms with Crippen LogP contribution in [-0.4, -0.2) is 24.3 Å². The van der Waals surface area contributed by atoms with Crippen LogP contribution in [0.2, 0.25) is 0 Å². The van der Waals surface area contributed by atoms with Gasteiger partial charge < -0.3 is 10.1 Å². The quantitative estimate of drug-likeness (QED) is 0.718. The summed E-state index contributed by atoms with van der Waals surface area (Å²) in [4.78, 5) is 0. The minimum Gasteiger partial charge on any atom is -0.375 e. The third-order valence-electron chi connectivity index (χ3n) is 3.03. The van der Waals surface area contributed by atoms with Crippen LogP contribution in [-0.2, 0) is 4.74 Å². The molecule has 2 heteroatoms. The van der Waals surface area contributed by atoms with Gasteiger partial charge in [0, 0.05) is 25.1 Å². The summed E-state index contributed by atoms with van der Waals surface area (Å²) in [6, 6.07) is 1.03. The van der Waals surface area contributed by atoms with Crippen molar-refractivity contribution in [3.63, 3.8) is 0 Å². The molecule has 0 aromatic rings. The van der Waals surface area contributed by atoms with E-state index in [-0.39, 0.29) is 5.60 Å². The summed E-state index contributed by atoms with van der Waals surface area (Å²) in [5.74, 6) is 2.74. The van der Waals surface area contributed by atoms with Crippen molar-refractivity contribution in [2.24, 2.45) is 0 Å². The maximum absolute atomic E-state index is 5.69. The fraction of sp³-hybridized carbons (Fsp3) is 0.846. The van der Waals surface area contributed by atoms with E-state index in [0.29, 0.717) is 12.1 Å². The first-order chi connectivity index (χ1) is 7.07. The summed E-state index contributed by atoms with van der Waals surface area (Å²) >= 11 is 0. The Bertz CT molecular complexity index is 229. The Morgan fingerprint density at radius 3 is 2.87 bits per heavy atom. The lowest BCUT2D eigenvalue weighted by Crippen LogP contribution is -2.47. The highest BCUT2D eigenvalue weighted by molar-refractivity contribution is 4.92. The van der Waals surface area contributed by atoms with E-state index in [4.69, 9.17) is 11.2 Å². The minimum atomic E-state index is 0.0182. The van der Waals surface area contributed by atoms with Gasteiger partial charge >= 0.3 is 0 Å². The van der Waals surface area contributed by atoms with E-state index in [1.165, 1.54) is 0 Å². The van der Waals surface area contributed by atoms with Gasteiger partial charge in [0.15, 0.2) is 0 Å². The van der Waals surface area contributed by atoms with Crippen molar-refractivity contribution in [2.45, 2.75) is 64.1 Å². The number of hydrogen-bond acceptors (Lipinski definition) is 2. The van der Waals surface area contributed by atoms with Crippen LogP contribution in [0.5, 0.6) is 0 Å². The van der Waals surface area contributed by atoms with Gasteiger partial charge in [-0.3, -0.25) is 0 Å². The highest BCUT2D eigenvalue weighted by atomic mass is 16.5. The molecule has 2 unspecified atom stereocenters. The third kappa shape index (κ3) is 4.24. The van der Waals surface area contributed by atoms with Crippen LogP contribution < -0.4 is 5.32 Å². The Balaban J connectivity index is 2.40. The maximum Gasteiger partial charge on any atom is 0.0641 e. The van der Waals surface area contributed by atoms with E-state index in [1.54, 1.807) is 0 Å². The SMILES string of the molecule is C#CCC(CC)NC1CCOC(C)(C)C1. The van der Waals surface area contributed by atoms with E-state index >= 15 is 0 Å². The Kier molecular flexibility index (Phi) is 4.63. The molecule has 1 aliphatic rings. The van der Waals surface area contributed by atoms with Gasteiger partial charge in [0.1, 0.15) is 0 Å². The van der Waals surface area contributed by atoms with Crippen molar-refractivity contribution in [3.8, 4) is 12.3 Å². The molecule has 1 heterocycles. The van der Waals surface area contributed by atoms with E-state index in [0.717, 1.165) is 32.3 Å². The number of hydrogen-bond donors (Lipinski definition) is 1. The van der Waals surface area contributed by atoms with Gasteiger partial charge in [-0.2, -0.15) is 0 Å². The molecule has 1 saturated heterocycles. The molecule has 1 fully saturated rings. The van der Waals surface area contributed by atoms with E-state index < -0.39 is 0 Å². The highest BCUT2D eigenvalue weighted by Gasteiger charge is 2.29. The highest BCUT2D eigenvalue weighted by Crippen LogP contribution is 2.24. The standard InChI is InChI=1S/C13H23NO/c1-5-7-11(6-2)14-12-8-9-15-13(3,4)10-12/h1,11-12,14H,6-10H2,2-4H3. The summed E-state index contributed by atoms with van der Waals surface area (Å²) in [7, 11) is 0. The fourth-order valence-electron chi connectivity index (χ4n) is 2.17. The molecule has 0 aromatic carbocycles. The van der Waals surface area contributed by atoms with E-state index in [9.17, 15) is 0 Å². The molecule has 1 rings (SSSR count). The average Bonchev–Trinajstić information content (AvgIpc) is 2.15. The smallest absolute Gasteiger partial charge is 0.0641 e. The summed E-state index contributed by atoms with van der Waals surface area (Å²) in [5.41, 5.74) is 0.0182. The lowest BCUT2D eigenvalue weighted by atomic mass is 9.93. The Labute approximate surface area is 93.8 Å². The van der Waals surface area contributed by atoms with E-state index in [2.05, 4.69) is 32.0 Å². The van der Waals surface area contributed by atoms with Crippen molar-refractivity contribution in [2.75, 3.05) is 6.61 Å². The number of terminal acetylenes is 1. The maximum atomic E-state index is 5.69. The predicted octanol–water partition coefficient (Wildman–Crippen LogP) is 2.34. The molecule has 0 amide bonds. The van der Waals surface area contributed by atoms with Gasteiger partial charge in [0.25, 0.3) is 0 Å². The second kappa shape index (κ2) is 5.53. The molecule has 2 nitrogen and oxygen atoms in total. The van der Waals surface area contributed by atoms with Gasteiger partial charge in [0.2, 0.25) is 0 Å².